The highest BCUT2D eigenvalue weighted by molar-refractivity contribution is 7.94. The Bertz CT molecular complexity index is 1050. The molecule has 12 heteroatoms. The highest BCUT2D eigenvalue weighted by Crippen LogP contribution is 2.27. The molecule has 180 valence electrons. The van der Waals surface area contributed by atoms with E-state index in [0.29, 0.717) is 45.0 Å². The van der Waals surface area contributed by atoms with E-state index < -0.39 is 16.0 Å². The van der Waals surface area contributed by atoms with Crippen LogP contribution in [0.3, 0.4) is 0 Å². The molecule has 1 amide bonds. The number of nitrogens with zero attached hydrogens (tertiary/aromatic N) is 2. The molecule has 1 fully saturated rings. The Morgan fingerprint density at radius 2 is 1.94 bits per heavy atom. The van der Waals surface area contributed by atoms with Gasteiger partial charge in [-0.05, 0) is 36.1 Å². The number of nitrogens with one attached hydrogen (secondary N) is 2. The highest BCUT2D eigenvalue weighted by atomic mass is 32.2. The van der Waals surface area contributed by atoms with Gasteiger partial charge in [0.1, 0.15) is 4.21 Å². The predicted octanol–water partition coefficient (Wildman–Crippen LogP) is 1.52. The molecule has 1 aromatic carbocycles. The van der Waals surface area contributed by atoms with Gasteiger partial charge in [-0.1, -0.05) is 6.07 Å². The summed E-state index contributed by atoms with van der Waals surface area (Å²) in [4.78, 5) is 27.9. The minimum atomic E-state index is -3.77. The van der Waals surface area contributed by atoms with Gasteiger partial charge in [0.15, 0.2) is 0 Å². The summed E-state index contributed by atoms with van der Waals surface area (Å²) in [6.07, 6.45) is 0.757. The van der Waals surface area contributed by atoms with Crippen LogP contribution < -0.4 is 14.9 Å². The van der Waals surface area contributed by atoms with Gasteiger partial charge in [-0.15, -0.1) is 11.3 Å². The number of ether oxygens (including phenoxy) is 1. The van der Waals surface area contributed by atoms with Crippen molar-refractivity contribution in [2.24, 2.45) is 0 Å². The Labute approximate surface area is 197 Å². The fourth-order valence-electron chi connectivity index (χ4n) is 3.52. The Kier molecular flexibility index (Phi) is 8.67. The van der Waals surface area contributed by atoms with Crippen LogP contribution in [-0.4, -0.2) is 83.3 Å². The van der Waals surface area contributed by atoms with Gasteiger partial charge in [0.05, 0.1) is 17.8 Å². The Morgan fingerprint density at radius 3 is 2.58 bits per heavy atom. The molecule has 0 radical (unpaired) electrons. The highest BCUT2D eigenvalue weighted by Gasteiger charge is 2.24. The zero-order valence-electron chi connectivity index (χ0n) is 18.3. The summed E-state index contributed by atoms with van der Waals surface area (Å²) in [5.74, 6) is -1.19. The van der Waals surface area contributed by atoms with Crippen molar-refractivity contribution in [3.05, 3.63) is 41.3 Å². The third-order valence-electron chi connectivity index (χ3n) is 5.17. The van der Waals surface area contributed by atoms with Crippen LogP contribution in [0.1, 0.15) is 16.8 Å². The van der Waals surface area contributed by atoms with E-state index in [9.17, 15) is 23.1 Å². The summed E-state index contributed by atoms with van der Waals surface area (Å²) >= 11 is 1.08. The van der Waals surface area contributed by atoms with Crippen LogP contribution in [0.5, 0.6) is 0 Å². The molecule has 10 nitrogen and oxygen atoms in total. The van der Waals surface area contributed by atoms with Crippen molar-refractivity contribution in [2.75, 3.05) is 62.6 Å². The number of benzene rings is 1. The summed E-state index contributed by atoms with van der Waals surface area (Å²) in [6, 6.07) is 7.64. The maximum atomic E-state index is 12.5. The third-order valence-corrected chi connectivity index (χ3v) is 7.95. The zero-order valence-corrected chi connectivity index (χ0v) is 20.0. The van der Waals surface area contributed by atoms with Crippen LogP contribution in [0.25, 0.3) is 0 Å². The fourth-order valence-corrected chi connectivity index (χ4v) is 5.56. The lowest BCUT2D eigenvalue weighted by molar-refractivity contribution is -0.122. The molecule has 0 spiro atoms. The van der Waals surface area contributed by atoms with Crippen molar-refractivity contribution in [1.29, 1.82) is 0 Å². The molecule has 0 aliphatic carbocycles. The van der Waals surface area contributed by atoms with Crippen molar-refractivity contribution in [3.8, 4) is 0 Å². The number of thiophene rings is 1. The van der Waals surface area contributed by atoms with Crippen molar-refractivity contribution in [3.63, 3.8) is 0 Å². The van der Waals surface area contributed by atoms with Crippen LogP contribution >= 0.6 is 11.3 Å². The van der Waals surface area contributed by atoms with Gasteiger partial charge in [0, 0.05) is 52.1 Å². The van der Waals surface area contributed by atoms with Gasteiger partial charge < -0.3 is 20.1 Å². The molecule has 2 aromatic rings. The number of carboxylic acids is 1. The Morgan fingerprint density at radius 1 is 1.18 bits per heavy atom. The van der Waals surface area contributed by atoms with E-state index in [1.807, 2.05) is 9.80 Å². The van der Waals surface area contributed by atoms with Gasteiger partial charge in [-0.2, -0.15) is 0 Å². The van der Waals surface area contributed by atoms with Crippen molar-refractivity contribution >= 4 is 44.6 Å². The van der Waals surface area contributed by atoms with E-state index in [1.54, 1.807) is 30.7 Å². The maximum Gasteiger partial charge on any atom is 0.337 e. The molecule has 1 aromatic heterocycles. The molecular weight excluding hydrogens is 468 g/mol. The minimum Gasteiger partial charge on any atom is -0.478 e. The van der Waals surface area contributed by atoms with E-state index in [0.717, 1.165) is 17.8 Å². The normalized spacial score (nSPS) is 14.8. The topological polar surface area (TPSA) is 128 Å². The van der Waals surface area contributed by atoms with Crippen LogP contribution in [0.2, 0.25) is 0 Å². The third kappa shape index (κ3) is 6.90. The molecule has 0 saturated carbocycles. The second kappa shape index (κ2) is 11.5. The molecule has 0 bridgehead atoms. The molecule has 1 aliphatic heterocycles. The molecule has 3 rings (SSSR count). The standard InChI is InChI=1S/C21H28N4O6S2/c1-31-12-3-7-22-19(26)15-24-8-10-25(11-9-24)18-6-5-16(14-17(18)21(27)28)23-33(29,30)20-4-2-13-32-20/h2,4-6,13-14,23H,3,7-12,15H2,1H3,(H,22,26)(H,27,28). The number of methoxy groups -OCH3 is 1. The lowest BCUT2D eigenvalue weighted by Gasteiger charge is -2.36. The average Bonchev–Trinajstić information content (AvgIpc) is 3.33. The molecule has 2 heterocycles. The average molecular weight is 497 g/mol. The van der Waals surface area contributed by atoms with Crippen LogP contribution in [0.4, 0.5) is 11.4 Å². The lowest BCUT2D eigenvalue weighted by Crippen LogP contribution is -2.50. The number of sulfonamides is 1. The first kappa shape index (κ1) is 25.0. The monoisotopic (exact) mass is 496 g/mol. The van der Waals surface area contributed by atoms with E-state index in [1.165, 1.54) is 12.1 Å². The van der Waals surface area contributed by atoms with Crippen molar-refractivity contribution in [2.45, 2.75) is 10.6 Å². The van der Waals surface area contributed by atoms with E-state index in [-0.39, 0.29) is 27.9 Å². The quantitative estimate of drug-likeness (QED) is 0.400. The summed E-state index contributed by atoms with van der Waals surface area (Å²) in [5, 5.41) is 14.2. The molecule has 3 N–H and O–H groups in total. The minimum absolute atomic E-state index is 0.0192. The SMILES string of the molecule is COCCCNC(=O)CN1CCN(c2ccc(NS(=O)(=O)c3cccs3)cc2C(=O)O)CC1. The first-order valence-corrected chi connectivity index (χ1v) is 12.8. The molecule has 0 atom stereocenters. The van der Waals surface area contributed by atoms with Gasteiger partial charge in [-0.25, -0.2) is 13.2 Å². The fraction of sp³-hybridized carbons (Fsp3) is 0.429. The molecule has 0 unspecified atom stereocenters. The maximum absolute atomic E-state index is 12.5. The molecular formula is C21H28N4O6S2. The number of carbonyl (C=O) groups is 2. The van der Waals surface area contributed by atoms with Crippen LogP contribution in [0.15, 0.2) is 39.9 Å². The Balaban J connectivity index is 1.61. The largest absolute Gasteiger partial charge is 0.478 e. The van der Waals surface area contributed by atoms with Crippen molar-refractivity contribution < 1.29 is 27.9 Å². The second-order valence-corrected chi connectivity index (χ2v) is 10.4. The van der Waals surface area contributed by atoms with Gasteiger partial charge >= 0.3 is 5.97 Å². The molecule has 1 saturated heterocycles. The number of rotatable bonds is 11. The van der Waals surface area contributed by atoms with E-state index in [2.05, 4.69) is 10.0 Å². The van der Waals surface area contributed by atoms with E-state index >= 15 is 0 Å². The predicted molar refractivity (Wildman–Crippen MR) is 127 cm³/mol. The number of piperazine rings is 1. The summed E-state index contributed by atoms with van der Waals surface area (Å²) in [5.41, 5.74) is 0.726. The van der Waals surface area contributed by atoms with Gasteiger partial charge in [0.2, 0.25) is 5.91 Å². The molecule has 1 aliphatic rings. The van der Waals surface area contributed by atoms with E-state index in [4.69, 9.17) is 4.74 Å². The number of aromatic carboxylic acids is 1. The summed E-state index contributed by atoms with van der Waals surface area (Å²) in [6.45, 7) is 3.77. The number of carbonyl (C=O) groups excluding carboxylic acids is 1. The number of hydrogen-bond acceptors (Lipinski definition) is 8. The Hall–Kier alpha value is -2.67. The van der Waals surface area contributed by atoms with Crippen LogP contribution in [0, 0.1) is 0 Å². The second-order valence-electron chi connectivity index (χ2n) is 7.53. The first-order chi connectivity index (χ1) is 15.8. The smallest absolute Gasteiger partial charge is 0.337 e. The summed E-state index contributed by atoms with van der Waals surface area (Å²) < 4.78 is 32.5. The molecule has 33 heavy (non-hydrogen) atoms. The number of amides is 1. The van der Waals surface area contributed by atoms with Crippen LogP contribution in [-0.2, 0) is 19.6 Å². The van der Waals surface area contributed by atoms with Crippen molar-refractivity contribution in [1.82, 2.24) is 10.2 Å². The van der Waals surface area contributed by atoms with Gasteiger partial charge in [0.25, 0.3) is 10.0 Å². The summed E-state index contributed by atoms with van der Waals surface area (Å²) in [7, 11) is -2.15. The van der Waals surface area contributed by atoms with Gasteiger partial charge in [-0.3, -0.25) is 14.4 Å². The zero-order chi connectivity index (χ0) is 23.8. The first-order valence-electron chi connectivity index (χ1n) is 10.5. The number of anilines is 2. The number of carboxylic acid groups (broad SMARTS) is 1. The lowest BCUT2D eigenvalue weighted by atomic mass is 10.1. The number of hydrogen-bond donors (Lipinski definition) is 3.